The predicted octanol–water partition coefficient (Wildman–Crippen LogP) is 2.76. The third kappa shape index (κ3) is 2.01. The molecule has 2 aromatic heterocycles. The van der Waals surface area contributed by atoms with Crippen LogP contribution >= 0.6 is 11.3 Å². The molecule has 2 N–H and O–H groups in total. The lowest BCUT2D eigenvalue weighted by Gasteiger charge is -2.13. The minimum absolute atomic E-state index is 0.0567. The summed E-state index contributed by atoms with van der Waals surface area (Å²) in [6.45, 7) is 2.11. The fraction of sp³-hybridized carbons (Fsp3) is 0.455. The SMILES string of the molecule is CCCC(OC)c1nc(N)c2ccsc2n1. The summed E-state index contributed by atoms with van der Waals surface area (Å²) in [4.78, 5) is 9.73. The molecule has 0 saturated heterocycles. The highest BCUT2D eigenvalue weighted by molar-refractivity contribution is 7.16. The van der Waals surface area contributed by atoms with Gasteiger partial charge in [0.25, 0.3) is 0 Å². The van der Waals surface area contributed by atoms with Gasteiger partial charge in [-0.15, -0.1) is 11.3 Å². The number of anilines is 1. The summed E-state index contributed by atoms with van der Waals surface area (Å²) in [5.74, 6) is 1.23. The smallest absolute Gasteiger partial charge is 0.161 e. The average Bonchev–Trinajstić information content (AvgIpc) is 2.74. The fourth-order valence-electron chi connectivity index (χ4n) is 1.65. The van der Waals surface area contributed by atoms with Crippen LogP contribution in [0.4, 0.5) is 5.82 Å². The molecule has 1 atom stereocenters. The van der Waals surface area contributed by atoms with E-state index < -0.39 is 0 Å². The van der Waals surface area contributed by atoms with Gasteiger partial charge in [0.2, 0.25) is 0 Å². The maximum absolute atomic E-state index is 5.89. The first-order valence-corrected chi connectivity index (χ1v) is 6.17. The van der Waals surface area contributed by atoms with Crippen molar-refractivity contribution in [2.75, 3.05) is 12.8 Å². The zero-order chi connectivity index (χ0) is 11.5. The predicted molar refractivity (Wildman–Crippen MR) is 66.5 cm³/mol. The van der Waals surface area contributed by atoms with Crippen LogP contribution < -0.4 is 5.73 Å². The number of rotatable bonds is 4. The van der Waals surface area contributed by atoms with Gasteiger partial charge in [0, 0.05) is 7.11 Å². The Morgan fingerprint density at radius 1 is 1.50 bits per heavy atom. The van der Waals surface area contributed by atoms with Crippen LogP contribution in [0.5, 0.6) is 0 Å². The van der Waals surface area contributed by atoms with E-state index in [2.05, 4.69) is 16.9 Å². The Morgan fingerprint density at radius 2 is 2.31 bits per heavy atom. The Kier molecular flexibility index (Phi) is 3.36. The highest BCUT2D eigenvalue weighted by atomic mass is 32.1. The molecule has 0 bridgehead atoms. The number of nitrogen functional groups attached to an aromatic ring is 1. The highest BCUT2D eigenvalue weighted by Crippen LogP contribution is 2.27. The van der Waals surface area contributed by atoms with Gasteiger partial charge in [0.05, 0.1) is 5.39 Å². The van der Waals surface area contributed by atoms with Gasteiger partial charge >= 0.3 is 0 Å². The van der Waals surface area contributed by atoms with E-state index in [0.29, 0.717) is 11.6 Å². The summed E-state index contributed by atoms with van der Waals surface area (Å²) in [5, 5.41) is 2.90. The second-order valence-corrected chi connectivity index (χ2v) is 4.51. The van der Waals surface area contributed by atoms with Gasteiger partial charge in [-0.3, -0.25) is 0 Å². The third-order valence-corrected chi connectivity index (χ3v) is 3.30. The molecular formula is C11H15N3OS. The van der Waals surface area contributed by atoms with Gasteiger partial charge in [-0.1, -0.05) is 13.3 Å². The second kappa shape index (κ2) is 4.76. The van der Waals surface area contributed by atoms with Crippen molar-refractivity contribution in [1.82, 2.24) is 9.97 Å². The molecule has 2 heterocycles. The zero-order valence-corrected chi connectivity index (χ0v) is 10.3. The van der Waals surface area contributed by atoms with Crippen molar-refractivity contribution in [2.45, 2.75) is 25.9 Å². The molecule has 0 aliphatic carbocycles. The topological polar surface area (TPSA) is 61.0 Å². The van der Waals surface area contributed by atoms with Crippen molar-refractivity contribution >= 4 is 27.4 Å². The van der Waals surface area contributed by atoms with Crippen molar-refractivity contribution in [2.24, 2.45) is 0 Å². The molecule has 0 spiro atoms. The quantitative estimate of drug-likeness (QED) is 0.888. The maximum atomic E-state index is 5.89. The molecule has 4 nitrogen and oxygen atoms in total. The molecule has 0 aromatic carbocycles. The summed E-state index contributed by atoms with van der Waals surface area (Å²) in [6.07, 6.45) is 1.88. The van der Waals surface area contributed by atoms with Crippen LogP contribution in [0.1, 0.15) is 31.7 Å². The van der Waals surface area contributed by atoms with Crippen LogP contribution in [0.15, 0.2) is 11.4 Å². The molecule has 0 radical (unpaired) electrons. The molecule has 2 rings (SSSR count). The van der Waals surface area contributed by atoms with E-state index in [-0.39, 0.29) is 6.10 Å². The van der Waals surface area contributed by atoms with Crippen molar-refractivity contribution in [3.63, 3.8) is 0 Å². The van der Waals surface area contributed by atoms with E-state index >= 15 is 0 Å². The van der Waals surface area contributed by atoms with E-state index in [1.165, 1.54) is 0 Å². The summed E-state index contributed by atoms with van der Waals surface area (Å²) < 4.78 is 5.38. The number of nitrogens with zero attached hydrogens (tertiary/aromatic N) is 2. The largest absolute Gasteiger partial charge is 0.383 e. The van der Waals surface area contributed by atoms with E-state index in [1.807, 2.05) is 11.4 Å². The lowest BCUT2D eigenvalue weighted by molar-refractivity contribution is 0.0881. The lowest BCUT2D eigenvalue weighted by Crippen LogP contribution is -2.08. The van der Waals surface area contributed by atoms with Crippen LogP contribution in [0.25, 0.3) is 10.2 Å². The number of aromatic nitrogens is 2. The van der Waals surface area contributed by atoms with Gasteiger partial charge in [0.1, 0.15) is 16.8 Å². The van der Waals surface area contributed by atoms with Crippen molar-refractivity contribution in [3.8, 4) is 0 Å². The molecule has 0 aliphatic heterocycles. The fourth-order valence-corrected chi connectivity index (χ4v) is 2.43. The van der Waals surface area contributed by atoms with Crippen LogP contribution in [0, 0.1) is 0 Å². The molecule has 0 aliphatic rings. The van der Waals surface area contributed by atoms with E-state index in [1.54, 1.807) is 18.4 Å². The Hall–Kier alpha value is -1.20. The number of hydrogen-bond donors (Lipinski definition) is 1. The van der Waals surface area contributed by atoms with Crippen molar-refractivity contribution in [3.05, 3.63) is 17.3 Å². The summed E-state index contributed by atoms with van der Waals surface area (Å²) >= 11 is 1.57. The number of hydrogen-bond acceptors (Lipinski definition) is 5. The normalized spacial score (nSPS) is 13.1. The summed E-state index contributed by atoms with van der Waals surface area (Å²) in [6, 6.07) is 1.95. The molecule has 0 amide bonds. The monoisotopic (exact) mass is 237 g/mol. The Bertz CT molecular complexity index is 483. The van der Waals surface area contributed by atoms with E-state index in [9.17, 15) is 0 Å². The van der Waals surface area contributed by atoms with E-state index in [0.717, 1.165) is 23.1 Å². The Labute approximate surface area is 98.5 Å². The lowest BCUT2D eigenvalue weighted by atomic mass is 10.2. The first-order chi connectivity index (χ1) is 7.76. The van der Waals surface area contributed by atoms with Gasteiger partial charge in [-0.25, -0.2) is 9.97 Å². The number of ether oxygens (including phenoxy) is 1. The molecular weight excluding hydrogens is 222 g/mol. The Balaban J connectivity index is 2.43. The standard InChI is InChI=1S/C11H15N3OS/c1-3-4-8(15-2)10-13-9(12)7-5-6-16-11(7)14-10/h5-6,8H,3-4H2,1-2H3,(H2,12,13,14). The van der Waals surface area contributed by atoms with Gasteiger partial charge < -0.3 is 10.5 Å². The number of thiophene rings is 1. The molecule has 16 heavy (non-hydrogen) atoms. The molecule has 0 fully saturated rings. The third-order valence-electron chi connectivity index (χ3n) is 2.50. The number of methoxy groups -OCH3 is 1. The van der Waals surface area contributed by atoms with Gasteiger partial charge in [0.15, 0.2) is 5.82 Å². The minimum Gasteiger partial charge on any atom is -0.383 e. The van der Waals surface area contributed by atoms with Crippen LogP contribution in [-0.4, -0.2) is 17.1 Å². The average molecular weight is 237 g/mol. The summed E-state index contributed by atoms with van der Waals surface area (Å²) in [7, 11) is 1.68. The molecule has 86 valence electrons. The molecule has 5 heteroatoms. The van der Waals surface area contributed by atoms with Crippen molar-refractivity contribution < 1.29 is 4.74 Å². The first-order valence-electron chi connectivity index (χ1n) is 5.29. The summed E-state index contributed by atoms with van der Waals surface area (Å²) in [5.41, 5.74) is 5.89. The Morgan fingerprint density at radius 3 is 3.00 bits per heavy atom. The van der Waals surface area contributed by atoms with E-state index in [4.69, 9.17) is 10.5 Å². The van der Waals surface area contributed by atoms with Gasteiger partial charge in [-0.05, 0) is 17.9 Å². The number of nitrogens with two attached hydrogens (primary N) is 1. The van der Waals surface area contributed by atoms with Crippen molar-refractivity contribution in [1.29, 1.82) is 0 Å². The first kappa shape index (κ1) is 11.3. The molecule has 2 aromatic rings. The second-order valence-electron chi connectivity index (χ2n) is 3.62. The maximum Gasteiger partial charge on any atom is 0.161 e. The van der Waals surface area contributed by atoms with Gasteiger partial charge in [-0.2, -0.15) is 0 Å². The van der Waals surface area contributed by atoms with Crippen LogP contribution in [0.3, 0.4) is 0 Å². The molecule has 1 unspecified atom stereocenters. The zero-order valence-electron chi connectivity index (χ0n) is 9.43. The van der Waals surface area contributed by atoms with Crippen LogP contribution in [0.2, 0.25) is 0 Å². The number of fused-ring (bicyclic) bond motifs is 1. The molecule has 0 saturated carbocycles. The highest BCUT2D eigenvalue weighted by Gasteiger charge is 2.15. The minimum atomic E-state index is -0.0567. The van der Waals surface area contributed by atoms with Crippen LogP contribution in [-0.2, 0) is 4.74 Å².